The highest BCUT2D eigenvalue weighted by Crippen LogP contribution is 2.10. The van der Waals surface area contributed by atoms with E-state index in [1.54, 1.807) is 0 Å². The number of pyridine rings is 1. The normalized spacial score (nSPS) is 11.0. The molecule has 1 aromatic carbocycles. The first-order valence-electron chi connectivity index (χ1n) is 6.60. The van der Waals surface area contributed by atoms with Gasteiger partial charge in [-0.25, -0.2) is 8.42 Å². The van der Waals surface area contributed by atoms with Gasteiger partial charge >= 0.3 is 0 Å². The Morgan fingerprint density at radius 2 is 1.86 bits per heavy atom. The maximum atomic E-state index is 12.1. The largest absolute Gasteiger partial charge is 0.348 e. The Labute approximate surface area is 129 Å². The summed E-state index contributed by atoms with van der Waals surface area (Å²) in [7, 11) is -3.40. The molecule has 0 fully saturated rings. The predicted octanol–water partition coefficient (Wildman–Crippen LogP) is 1.69. The first-order valence-corrected chi connectivity index (χ1v) is 8.49. The zero-order valence-corrected chi connectivity index (χ0v) is 13.1. The number of carbonyl (C=O) groups excluding carboxylic acids is 1. The van der Waals surface area contributed by atoms with Crippen molar-refractivity contribution in [2.45, 2.75) is 13.5 Å². The van der Waals surface area contributed by atoms with Gasteiger partial charge in [0.05, 0.1) is 23.7 Å². The molecule has 0 spiro atoms. The number of aryl methyl sites for hydroxylation is 1. The van der Waals surface area contributed by atoms with Crippen molar-refractivity contribution in [3.05, 3.63) is 59.4 Å². The summed E-state index contributed by atoms with van der Waals surface area (Å²) >= 11 is 0. The average Bonchev–Trinajstić information content (AvgIpc) is 2.45. The van der Waals surface area contributed by atoms with E-state index < -0.39 is 10.0 Å². The van der Waals surface area contributed by atoms with Crippen molar-refractivity contribution in [2.75, 3.05) is 11.0 Å². The van der Waals surface area contributed by atoms with Crippen molar-refractivity contribution >= 4 is 21.6 Å². The lowest BCUT2D eigenvalue weighted by Crippen LogP contribution is -2.23. The predicted molar refractivity (Wildman–Crippen MR) is 85.1 cm³/mol. The first kappa shape index (κ1) is 16.0. The van der Waals surface area contributed by atoms with Crippen molar-refractivity contribution in [1.29, 1.82) is 0 Å². The van der Waals surface area contributed by atoms with Crippen LogP contribution in [0.1, 0.15) is 21.5 Å². The number of rotatable bonds is 5. The minimum atomic E-state index is -3.40. The summed E-state index contributed by atoms with van der Waals surface area (Å²) in [6, 6.07) is 9.27. The van der Waals surface area contributed by atoms with E-state index in [1.807, 2.05) is 31.2 Å². The van der Waals surface area contributed by atoms with Gasteiger partial charge in [-0.3, -0.25) is 14.5 Å². The van der Waals surface area contributed by atoms with Crippen LogP contribution in [0.5, 0.6) is 0 Å². The van der Waals surface area contributed by atoms with Gasteiger partial charge in [0.15, 0.2) is 0 Å². The van der Waals surface area contributed by atoms with Gasteiger partial charge in [-0.05, 0) is 18.6 Å². The van der Waals surface area contributed by atoms with Gasteiger partial charge < -0.3 is 5.32 Å². The zero-order valence-electron chi connectivity index (χ0n) is 12.3. The second-order valence-electron chi connectivity index (χ2n) is 5.00. The zero-order chi connectivity index (χ0) is 16.2. The first-order chi connectivity index (χ1) is 10.3. The Hall–Kier alpha value is -2.41. The van der Waals surface area contributed by atoms with Crippen molar-refractivity contribution < 1.29 is 13.2 Å². The van der Waals surface area contributed by atoms with Gasteiger partial charge in [-0.15, -0.1) is 0 Å². The monoisotopic (exact) mass is 319 g/mol. The molecule has 0 saturated heterocycles. The molecule has 2 rings (SSSR count). The minimum absolute atomic E-state index is 0.255. The van der Waals surface area contributed by atoms with E-state index in [-0.39, 0.29) is 11.6 Å². The summed E-state index contributed by atoms with van der Waals surface area (Å²) in [6.07, 6.45) is 3.77. The van der Waals surface area contributed by atoms with E-state index >= 15 is 0 Å². The molecule has 1 heterocycles. The number of amides is 1. The number of carbonyl (C=O) groups is 1. The van der Waals surface area contributed by atoms with E-state index in [4.69, 9.17) is 0 Å². The second kappa shape index (κ2) is 6.57. The fourth-order valence-corrected chi connectivity index (χ4v) is 2.36. The number of aromatic nitrogens is 1. The molecule has 22 heavy (non-hydrogen) atoms. The lowest BCUT2D eigenvalue weighted by Gasteiger charge is -2.08. The summed E-state index contributed by atoms with van der Waals surface area (Å²) in [5.41, 5.74) is 2.68. The van der Waals surface area contributed by atoms with Crippen LogP contribution in [0.25, 0.3) is 0 Å². The molecule has 6 nitrogen and oxygen atoms in total. The van der Waals surface area contributed by atoms with E-state index in [9.17, 15) is 13.2 Å². The lowest BCUT2D eigenvalue weighted by atomic mass is 10.1. The van der Waals surface area contributed by atoms with Gasteiger partial charge in [-0.2, -0.15) is 0 Å². The van der Waals surface area contributed by atoms with Crippen LogP contribution in [0.2, 0.25) is 0 Å². The Morgan fingerprint density at radius 3 is 2.50 bits per heavy atom. The number of hydrogen-bond donors (Lipinski definition) is 2. The highest BCUT2D eigenvalue weighted by atomic mass is 32.2. The van der Waals surface area contributed by atoms with Gasteiger partial charge in [0.25, 0.3) is 5.91 Å². The molecular weight excluding hydrogens is 302 g/mol. The smallest absolute Gasteiger partial charge is 0.253 e. The van der Waals surface area contributed by atoms with Crippen LogP contribution >= 0.6 is 0 Å². The Kier molecular flexibility index (Phi) is 4.77. The molecule has 2 aromatic rings. The standard InChI is InChI=1S/C15H17N3O3S/c1-11-3-5-12(6-4-11)8-17-15(19)13-7-14(10-16-9-13)18-22(2,20)21/h3-7,9-10,18H,8H2,1-2H3,(H,17,19). The van der Waals surface area contributed by atoms with Gasteiger partial charge in [0.2, 0.25) is 10.0 Å². The van der Waals surface area contributed by atoms with Gasteiger partial charge in [-0.1, -0.05) is 29.8 Å². The van der Waals surface area contributed by atoms with Crippen molar-refractivity contribution in [2.24, 2.45) is 0 Å². The van der Waals surface area contributed by atoms with Crippen LogP contribution in [0.3, 0.4) is 0 Å². The van der Waals surface area contributed by atoms with Crippen molar-refractivity contribution in [3.63, 3.8) is 0 Å². The SMILES string of the molecule is Cc1ccc(CNC(=O)c2cncc(NS(C)(=O)=O)c2)cc1. The van der Waals surface area contributed by atoms with Crippen LogP contribution in [-0.2, 0) is 16.6 Å². The molecule has 0 saturated carbocycles. The number of nitrogens with one attached hydrogen (secondary N) is 2. The second-order valence-corrected chi connectivity index (χ2v) is 6.75. The molecule has 0 radical (unpaired) electrons. The summed E-state index contributed by atoms with van der Waals surface area (Å²) in [6.45, 7) is 2.39. The molecule has 1 aromatic heterocycles. The van der Waals surface area contributed by atoms with E-state index in [0.29, 0.717) is 12.1 Å². The molecule has 0 aliphatic rings. The average molecular weight is 319 g/mol. The summed E-state index contributed by atoms with van der Waals surface area (Å²) in [5.74, 6) is -0.315. The third-order valence-electron chi connectivity index (χ3n) is 2.88. The molecule has 0 aliphatic carbocycles. The van der Waals surface area contributed by atoms with E-state index in [1.165, 1.54) is 18.5 Å². The maximum Gasteiger partial charge on any atom is 0.253 e. The van der Waals surface area contributed by atoms with E-state index in [2.05, 4.69) is 15.0 Å². The third-order valence-corrected chi connectivity index (χ3v) is 3.48. The van der Waals surface area contributed by atoms with Crippen LogP contribution in [0.4, 0.5) is 5.69 Å². The number of nitrogens with zero attached hydrogens (tertiary/aromatic N) is 1. The molecule has 0 bridgehead atoms. The number of sulfonamides is 1. The van der Waals surface area contributed by atoms with Crippen LogP contribution in [0, 0.1) is 6.92 Å². The number of hydrogen-bond acceptors (Lipinski definition) is 4. The molecule has 0 unspecified atom stereocenters. The van der Waals surface area contributed by atoms with Crippen molar-refractivity contribution in [3.8, 4) is 0 Å². The molecule has 1 amide bonds. The highest BCUT2D eigenvalue weighted by Gasteiger charge is 2.09. The summed E-state index contributed by atoms with van der Waals surface area (Å²) in [5, 5.41) is 2.77. The quantitative estimate of drug-likeness (QED) is 0.878. The van der Waals surface area contributed by atoms with Crippen LogP contribution in [0.15, 0.2) is 42.7 Å². The maximum absolute atomic E-state index is 12.1. The Morgan fingerprint density at radius 1 is 1.18 bits per heavy atom. The third kappa shape index (κ3) is 4.85. The molecular formula is C15H17N3O3S. The Bertz CT molecular complexity index is 771. The minimum Gasteiger partial charge on any atom is -0.348 e. The lowest BCUT2D eigenvalue weighted by molar-refractivity contribution is 0.0950. The van der Waals surface area contributed by atoms with Crippen molar-refractivity contribution in [1.82, 2.24) is 10.3 Å². The number of anilines is 1. The fourth-order valence-electron chi connectivity index (χ4n) is 1.82. The van der Waals surface area contributed by atoms with E-state index in [0.717, 1.165) is 17.4 Å². The molecule has 0 atom stereocenters. The number of benzene rings is 1. The van der Waals surface area contributed by atoms with Crippen LogP contribution in [-0.4, -0.2) is 25.6 Å². The molecule has 2 N–H and O–H groups in total. The molecule has 0 aliphatic heterocycles. The topological polar surface area (TPSA) is 88.2 Å². The van der Waals surface area contributed by atoms with Gasteiger partial charge in [0, 0.05) is 12.7 Å². The summed E-state index contributed by atoms with van der Waals surface area (Å²) in [4.78, 5) is 15.9. The summed E-state index contributed by atoms with van der Waals surface area (Å²) < 4.78 is 24.6. The highest BCUT2D eigenvalue weighted by molar-refractivity contribution is 7.92. The fraction of sp³-hybridized carbons (Fsp3) is 0.200. The molecule has 116 valence electrons. The van der Waals surface area contributed by atoms with Gasteiger partial charge in [0.1, 0.15) is 0 Å². The molecule has 7 heteroatoms. The Balaban J connectivity index is 2.03. The van der Waals surface area contributed by atoms with Crippen LogP contribution < -0.4 is 10.0 Å².